The molecule has 168 valence electrons. The molecule has 0 aliphatic heterocycles. The zero-order valence-electron chi connectivity index (χ0n) is 18.6. The van der Waals surface area contributed by atoms with Crippen LogP contribution in [-0.4, -0.2) is 32.0 Å². The van der Waals surface area contributed by atoms with Crippen LogP contribution in [0.3, 0.4) is 0 Å². The number of nitrogens with zero attached hydrogens (tertiary/aromatic N) is 1. The Hall–Kier alpha value is -4.06. The number of aryl methyl sites for hydroxylation is 1. The number of carbonyl (C=O) groups is 1. The number of esters is 1. The minimum absolute atomic E-state index is 0.176. The van der Waals surface area contributed by atoms with Gasteiger partial charge in [-0.05, 0) is 13.0 Å². The number of ether oxygens (including phenoxy) is 2. The summed E-state index contributed by atoms with van der Waals surface area (Å²) >= 11 is 0. The van der Waals surface area contributed by atoms with Crippen molar-refractivity contribution in [2.24, 2.45) is 5.16 Å². The van der Waals surface area contributed by atoms with Crippen molar-refractivity contribution in [1.29, 1.82) is 0 Å². The third-order valence-corrected chi connectivity index (χ3v) is 5.25. The zero-order chi connectivity index (χ0) is 23.0. The van der Waals surface area contributed by atoms with Gasteiger partial charge >= 0.3 is 5.97 Å². The zero-order valence-corrected chi connectivity index (χ0v) is 18.6. The normalized spacial score (nSPS) is 10.6. The van der Waals surface area contributed by atoms with Crippen LogP contribution in [0.2, 0.25) is 0 Å². The van der Waals surface area contributed by atoms with E-state index in [4.69, 9.17) is 14.0 Å². The van der Waals surface area contributed by atoms with Gasteiger partial charge in [0.05, 0.1) is 7.11 Å². The average Bonchev–Trinajstić information content (AvgIpc) is 3.19. The van der Waals surface area contributed by atoms with Crippen molar-refractivity contribution in [2.45, 2.75) is 13.3 Å². The highest BCUT2D eigenvalue weighted by atomic mass is 16.6. The van der Waals surface area contributed by atoms with Gasteiger partial charge in [-0.15, -0.1) is 0 Å². The van der Waals surface area contributed by atoms with Crippen molar-refractivity contribution < 1.29 is 23.5 Å². The molecule has 0 aliphatic carbocycles. The van der Waals surface area contributed by atoms with E-state index in [2.05, 4.69) is 9.89 Å². The fraction of sp³-hybridized carbons (Fsp3) is 0.185. The van der Waals surface area contributed by atoms with Gasteiger partial charge in [0, 0.05) is 28.5 Å². The van der Waals surface area contributed by atoms with Gasteiger partial charge in [-0.3, -0.25) is 0 Å². The van der Waals surface area contributed by atoms with E-state index < -0.39 is 5.97 Å². The molecule has 4 rings (SSSR count). The standard InChI is InChI=1S/C27H25NO5/c1-19-22(23-14-9-15-24(27(23)33-19)31-18-25(29)30-2)16-17-32-28-26(20-10-5-3-6-11-20)21-12-7-4-8-13-21/h3-15H,16-18H2,1-2H3. The highest BCUT2D eigenvalue weighted by molar-refractivity contribution is 6.12. The molecule has 6 heteroatoms. The lowest BCUT2D eigenvalue weighted by Crippen LogP contribution is -2.12. The van der Waals surface area contributed by atoms with Crippen molar-refractivity contribution in [2.75, 3.05) is 20.3 Å². The molecule has 1 heterocycles. The highest BCUT2D eigenvalue weighted by Gasteiger charge is 2.16. The quantitative estimate of drug-likeness (QED) is 0.152. The van der Waals surface area contributed by atoms with E-state index in [-0.39, 0.29) is 6.61 Å². The first kappa shape index (κ1) is 22.1. The van der Waals surface area contributed by atoms with Gasteiger partial charge in [-0.2, -0.15) is 0 Å². The Balaban J connectivity index is 1.50. The first-order valence-corrected chi connectivity index (χ1v) is 10.7. The van der Waals surface area contributed by atoms with Gasteiger partial charge in [-0.25, -0.2) is 4.79 Å². The number of methoxy groups -OCH3 is 1. The third-order valence-electron chi connectivity index (χ3n) is 5.25. The molecule has 0 aliphatic rings. The number of rotatable bonds is 9. The first-order chi connectivity index (χ1) is 16.2. The van der Waals surface area contributed by atoms with Crippen LogP contribution in [0, 0.1) is 6.92 Å². The number of hydrogen-bond donors (Lipinski definition) is 0. The summed E-state index contributed by atoms with van der Waals surface area (Å²) in [6.45, 7) is 2.11. The first-order valence-electron chi connectivity index (χ1n) is 10.7. The number of furan rings is 1. The Bertz CT molecular complexity index is 1200. The molecular formula is C27H25NO5. The third kappa shape index (κ3) is 5.23. The maximum absolute atomic E-state index is 11.4. The monoisotopic (exact) mass is 443 g/mol. The van der Waals surface area contributed by atoms with Crippen molar-refractivity contribution >= 4 is 22.7 Å². The number of hydrogen-bond acceptors (Lipinski definition) is 6. The summed E-state index contributed by atoms with van der Waals surface area (Å²) < 4.78 is 16.2. The largest absolute Gasteiger partial charge is 0.478 e. The van der Waals surface area contributed by atoms with Crippen molar-refractivity contribution in [3.8, 4) is 5.75 Å². The van der Waals surface area contributed by atoms with Crippen LogP contribution in [0.4, 0.5) is 0 Å². The van der Waals surface area contributed by atoms with Crippen LogP contribution in [0.15, 0.2) is 88.4 Å². The van der Waals surface area contributed by atoms with Gasteiger partial charge in [0.1, 0.15) is 18.1 Å². The van der Waals surface area contributed by atoms with Gasteiger partial charge in [0.25, 0.3) is 0 Å². The van der Waals surface area contributed by atoms with E-state index >= 15 is 0 Å². The Morgan fingerprint density at radius 2 is 1.58 bits per heavy atom. The average molecular weight is 443 g/mol. The summed E-state index contributed by atoms with van der Waals surface area (Å²) in [6.07, 6.45) is 0.611. The molecule has 0 amide bonds. The maximum Gasteiger partial charge on any atom is 0.343 e. The van der Waals surface area contributed by atoms with E-state index in [1.165, 1.54) is 7.11 Å². The second-order valence-electron chi connectivity index (χ2n) is 7.39. The predicted octanol–water partition coefficient (Wildman–Crippen LogP) is 5.30. The summed E-state index contributed by atoms with van der Waals surface area (Å²) in [6, 6.07) is 25.5. The summed E-state index contributed by atoms with van der Waals surface area (Å²) in [4.78, 5) is 17.2. The maximum atomic E-state index is 11.4. The molecule has 0 unspecified atom stereocenters. The fourth-order valence-corrected chi connectivity index (χ4v) is 3.61. The molecule has 0 saturated heterocycles. The van der Waals surface area contributed by atoms with E-state index in [1.807, 2.05) is 79.7 Å². The SMILES string of the molecule is COC(=O)COc1cccc2c(CCON=C(c3ccccc3)c3ccccc3)c(C)oc12. The minimum atomic E-state index is -0.450. The number of fused-ring (bicyclic) bond motifs is 1. The Morgan fingerprint density at radius 1 is 0.909 bits per heavy atom. The van der Waals surface area contributed by atoms with Crippen molar-refractivity contribution in [1.82, 2.24) is 0 Å². The molecule has 0 N–H and O–H groups in total. The summed E-state index contributed by atoms with van der Waals surface area (Å²) in [5.41, 5.74) is 4.38. The molecule has 3 aromatic carbocycles. The molecular weight excluding hydrogens is 418 g/mol. The van der Waals surface area contributed by atoms with Crippen LogP contribution in [0.25, 0.3) is 11.0 Å². The second kappa shape index (κ2) is 10.5. The van der Waals surface area contributed by atoms with E-state index in [0.717, 1.165) is 33.5 Å². The lowest BCUT2D eigenvalue weighted by Gasteiger charge is -2.08. The van der Waals surface area contributed by atoms with Gasteiger partial charge in [0.2, 0.25) is 0 Å². The molecule has 6 nitrogen and oxygen atoms in total. The fourth-order valence-electron chi connectivity index (χ4n) is 3.61. The molecule has 0 bridgehead atoms. The van der Waals surface area contributed by atoms with Gasteiger partial charge < -0.3 is 18.7 Å². The molecule has 0 fully saturated rings. The van der Waals surface area contributed by atoms with Crippen LogP contribution in [0.5, 0.6) is 5.75 Å². The van der Waals surface area contributed by atoms with Gasteiger partial charge in [-0.1, -0.05) is 78.0 Å². The molecule has 4 aromatic rings. The van der Waals surface area contributed by atoms with Crippen molar-refractivity contribution in [3.63, 3.8) is 0 Å². The van der Waals surface area contributed by atoms with E-state index in [9.17, 15) is 4.79 Å². The Kier molecular flexibility index (Phi) is 7.05. The molecule has 33 heavy (non-hydrogen) atoms. The molecule has 0 saturated carbocycles. The predicted molar refractivity (Wildman–Crippen MR) is 127 cm³/mol. The Labute approximate surface area is 192 Å². The molecule has 0 spiro atoms. The molecule has 1 aromatic heterocycles. The number of oxime groups is 1. The van der Waals surface area contributed by atoms with Crippen LogP contribution in [-0.2, 0) is 20.8 Å². The highest BCUT2D eigenvalue weighted by Crippen LogP contribution is 2.33. The summed E-state index contributed by atoms with van der Waals surface area (Å²) in [5, 5.41) is 5.38. The smallest absolute Gasteiger partial charge is 0.343 e. The second-order valence-corrected chi connectivity index (χ2v) is 7.39. The Morgan fingerprint density at radius 3 is 2.21 bits per heavy atom. The van der Waals surface area contributed by atoms with Gasteiger partial charge in [0.15, 0.2) is 17.9 Å². The number of carbonyl (C=O) groups excluding carboxylic acids is 1. The topological polar surface area (TPSA) is 70.3 Å². The number of para-hydroxylation sites is 1. The van der Waals surface area contributed by atoms with E-state index in [0.29, 0.717) is 24.4 Å². The van der Waals surface area contributed by atoms with Crippen LogP contribution >= 0.6 is 0 Å². The number of benzene rings is 3. The minimum Gasteiger partial charge on any atom is -0.478 e. The van der Waals surface area contributed by atoms with Crippen LogP contribution in [0.1, 0.15) is 22.5 Å². The van der Waals surface area contributed by atoms with Crippen LogP contribution < -0.4 is 4.74 Å². The summed E-state index contributed by atoms with van der Waals surface area (Å²) in [7, 11) is 1.32. The lowest BCUT2D eigenvalue weighted by atomic mass is 10.0. The van der Waals surface area contributed by atoms with Crippen molar-refractivity contribution in [3.05, 3.63) is 101 Å². The summed E-state index contributed by atoms with van der Waals surface area (Å²) in [5.74, 6) is 0.828. The molecule has 0 atom stereocenters. The molecule has 0 radical (unpaired) electrons. The van der Waals surface area contributed by atoms with E-state index in [1.54, 1.807) is 6.07 Å². The lowest BCUT2D eigenvalue weighted by molar-refractivity contribution is -0.142.